The molecular formula is C20H29NO4. The van der Waals surface area contributed by atoms with Gasteiger partial charge in [-0.05, 0) is 56.5 Å². The Kier molecular flexibility index (Phi) is 11.8. The van der Waals surface area contributed by atoms with Crippen LogP contribution >= 0.6 is 0 Å². The van der Waals surface area contributed by atoms with Gasteiger partial charge in [-0.15, -0.1) is 0 Å². The molecule has 1 aromatic carbocycles. The first-order valence-corrected chi connectivity index (χ1v) is 7.99. The highest BCUT2D eigenvalue weighted by Crippen LogP contribution is 2.30. The van der Waals surface area contributed by atoms with Crippen molar-refractivity contribution in [1.29, 1.82) is 0 Å². The number of carbonyl (C=O) groups excluding carboxylic acids is 1. The Balaban J connectivity index is 0.000000871. The van der Waals surface area contributed by atoms with Crippen molar-refractivity contribution in [2.75, 3.05) is 19.5 Å². The van der Waals surface area contributed by atoms with Crippen molar-refractivity contribution >= 4 is 12.5 Å². The monoisotopic (exact) mass is 347 g/mol. The average molecular weight is 347 g/mol. The second-order valence-corrected chi connectivity index (χ2v) is 5.20. The van der Waals surface area contributed by atoms with Gasteiger partial charge in [0.25, 0.3) is 0 Å². The van der Waals surface area contributed by atoms with Crippen molar-refractivity contribution < 1.29 is 19.7 Å². The van der Waals surface area contributed by atoms with Crippen LogP contribution in [0, 0.1) is 6.92 Å². The number of fused-ring (bicyclic) bond motifs is 1. The van der Waals surface area contributed by atoms with Gasteiger partial charge in [0.1, 0.15) is 12.5 Å². The van der Waals surface area contributed by atoms with Crippen LogP contribution in [0.1, 0.15) is 25.3 Å². The minimum absolute atomic E-state index is 0.0655. The van der Waals surface area contributed by atoms with Crippen LogP contribution in [0.5, 0.6) is 0 Å². The van der Waals surface area contributed by atoms with Gasteiger partial charge in [-0.3, -0.25) is 0 Å². The van der Waals surface area contributed by atoms with Gasteiger partial charge in [0.15, 0.2) is 6.23 Å². The van der Waals surface area contributed by atoms with E-state index in [1.807, 2.05) is 6.79 Å². The lowest BCUT2D eigenvalue weighted by Gasteiger charge is -2.30. The second-order valence-electron chi connectivity index (χ2n) is 5.20. The molecule has 5 nitrogen and oxygen atoms in total. The first-order valence-electron chi connectivity index (χ1n) is 7.99. The predicted molar refractivity (Wildman–Crippen MR) is 102 cm³/mol. The molecule has 2 aliphatic rings. The van der Waals surface area contributed by atoms with Crippen molar-refractivity contribution in [3.63, 3.8) is 0 Å². The van der Waals surface area contributed by atoms with Gasteiger partial charge >= 0.3 is 0 Å². The van der Waals surface area contributed by atoms with Gasteiger partial charge in [0.05, 0.1) is 0 Å². The summed E-state index contributed by atoms with van der Waals surface area (Å²) < 4.78 is 6.05. The van der Waals surface area contributed by atoms with Crippen LogP contribution in [-0.4, -0.2) is 37.4 Å². The van der Waals surface area contributed by atoms with Gasteiger partial charge in [-0.1, -0.05) is 23.8 Å². The largest absolute Gasteiger partial charge is 0.467 e. The fraction of sp³-hybridized carbons (Fsp3) is 0.350. The Hall–Kier alpha value is -2.37. The Morgan fingerprint density at radius 1 is 1.00 bits per heavy atom. The molecule has 1 heterocycles. The van der Waals surface area contributed by atoms with E-state index in [1.165, 1.54) is 16.7 Å². The third-order valence-electron chi connectivity index (χ3n) is 3.54. The third-order valence-corrected chi connectivity index (χ3v) is 3.54. The molecule has 25 heavy (non-hydrogen) atoms. The molecule has 1 aromatic rings. The quantitative estimate of drug-likeness (QED) is 0.765. The summed E-state index contributed by atoms with van der Waals surface area (Å²) in [6.45, 7) is 6.20. The lowest BCUT2D eigenvalue weighted by molar-refractivity contribution is -0.0979. The summed E-state index contributed by atoms with van der Waals surface area (Å²) in [5, 5.41) is 17.4. The molecule has 0 amide bonds. The number of benzene rings is 1. The van der Waals surface area contributed by atoms with Gasteiger partial charge < -0.3 is 25.1 Å². The van der Waals surface area contributed by atoms with E-state index in [0.717, 1.165) is 38.5 Å². The molecule has 3 rings (SSSR count). The number of ether oxygens (including phenoxy) is 1. The molecule has 1 aliphatic carbocycles. The molecule has 1 unspecified atom stereocenters. The molecule has 0 bridgehead atoms. The third kappa shape index (κ3) is 6.95. The molecule has 0 spiro atoms. The number of rotatable bonds is 2. The summed E-state index contributed by atoms with van der Waals surface area (Å²) >= 11 is 0. The molecule has 3 N–H and O–H groups in total. The van der Waals surface area contributed by atoms with E-state index >= 15 is 0 Å². The maximum absolute atomic E-state index is 8.00. The normalized spacial score (nSPS) is 17.0. The van der Waals surface area contributed by atoms with E-state index in [4.69, 9.17) is 19.7 Å². The van der Waals surface area contributed by atoms with E-state index in [-0.39, 0.29) is 6.23 Å². The molecule has 1 aliphatic heterocycles. The number of anilines is 1. The van der Waals surface area contributed by atoms with E-state index in [1.54, 1.807) is 0 Å². The van der Waals surface area contributed by atoms with Crippen molar-refractivity contribution in [3.05, 3.63) is 65.0 Å². The number of aryl methyl sites for hydroxylation is 1. The first-order chi connectivity index (χ1) is 12.2. The number of allylic oxidation sites excluding steroid dienone is 3. The van der Waals surface area contributed by atoms with Crippen molar-refractivity contribution in [2.45, 2.75) is 32.9 Å². The van der Waals surface area contributed by atoms with Crippen LogP contribution in [0.15, 0.2) is 59.4 Å². The molecule has 0 saturated carbocycles. The van der Waals surface area contributed by atoms with E-state index in [0.29, 0.717) is 0 Å². The van der Waals surface area contributed by atoms with Gasteiger partial charge in [-0.25, -0.2) is 0 Å². The standard InChI is InChI=1S/C17H19NO.2CH4O.CH2O/c1-12-7-9-15(10-8-12)18-17-13(2)11-14-5-3-4-6-16(14)19-17;3*1-2/h5-11,17-18H,3-4H2,1-2H3;2*2H,1H3;1H2. The smallest absolute Gasteiger partial charge is 0.192 e. The maximum Gasteiger partial charge on any atom is 0.192 e. The van der Waals surface area contributed by atoms with Crippen LogP contribution in [0.25, 0.3) is 0 Å². The van der Waals surface area contributed by atoms with Crippen LogP contribution in [0.2, 0.25) is 0 Å². The highest BCUT2D eigenvalue weighted by molar-refractivity contribution is 5.50. The highest BCUT2D eigenvalue weighted by atomic mass is 16.5. The second kappa shape index (κ2) is 13.0. The number of aliphatic hydroxyl groups is 2. The minimum atomic E-state index is -0.0655. The molecule has 0 fully saturated rings. The summed E-state index contributed by atoms with van der Waals surface area (Å²) in [4.78, 5) is 8.00. The SMILES string of the molecule is C=O.CC1=CC2=CCCC=C2OC1Nc1ccc(C)cc1.CO.CO. The minimum Gasteiger partial charge on any atom is -0.467 e. The molecular weight excluding hydrogens is 318 g/mol. The zero-order chi connectivity index (χ0) is 19.2. The van der Waals surface area contributed by atoms with Gasteiger partial charge in [0.2, 0.25) is 0 Å². The topological polar surface area (TPSA) is 78.8 Å². The van der Waals surface area contributed by atoms with E-state index in [9.17, 15) is 0 Å². The maximum atomic E-state index is 8.00. The Morgan fingerprint density at radius 3 is 2.16 bits per heavy atom. The fourth-order valence-electron chi connectivity index (χ4n) is 2.40. The average Bonchev–Trinajstić information content (AvgIpc) is 2.69. The summed E-state index contributed by atoms with van der Waals surface area (Å²) in [6, 6.07) is 8.39. The molecule has 0 saturated heterocycles. The van der Waals surface area contributed by atoms with Crippen LogP contribution in [0.4, 0.5) is 5.69 Å². The lowest BCUT2D eigenvalue weighted by Crippen LogP contribution is -2.28. The number of hydrogen-bond acceptors (Lipinski definition) is 5. The Morgan fingerprint density at radius 2 is 1.56 bits per heavy atom. The zero-order valence-corrected chi connectivity index (χ0v) is 15.5. The summed E-state index contributed by atoms with van der Waals surface area (Å²) in [5.74, 6) is 1.02. The van der Waals surface area contributed by atoms with E-state index < -0.39 is 0 Å². The summed E-state index contributed by atoms with van der Waals surface area (Å²) in [5.41, 5.74) is 4.80. The number of carbonyl (C=O) groups is 1. The van der Waals surface area contributed by atoms with E-state index in [2.05, 4.69) is 61.7 Å². The first kappa shape index (κ1) is 22.6. The Labute approximate surface area is 150 Å². The van der Waals surface area contributed by atoms with Crippen LogP contribution < -0.4 is 5.32 Å². The zero-order valence-electron chi connectivity index (χ0n) is 15.5. The van der Waals surface area contributed by atoms with Crippen LogP contribution in [0.3, 0.4) is 0 Å². The van der Waals surface area contributed by atoms with Crippen LogP contribution in [-0.2, 0) is 9.53 Å². The summed E-state index contributed by atoms with van der Waals surface area (Å²) in [7, 11) is 2.00. The summed E-state index contributed by atoms with van der Waals surface area (Å²) in [6.07, 6.45) is 8.78. The van der Waals surface area contributed by atoms with Crippen molar-refractivity contribution in [2.24, 2.45) is 0 Å². The molecule has 0 aromatic heterocycles. The molecule has 0 radical (unpaired) electrons. The molecule has 1 atom stereocenters. The fourth-order valence-corrected chi connectivity index (χ4v) is 2.40. The van der Waals surface area contributed by atoms with Crippen molar-refractivity contribution in [1.82, 2.24) is 0 Å². The molecule has 138 valence electrons. The van der Waals surface area contributed by atoms with Crippen molar-refractivity contribution in [3.8, 4) is 0 Å². The number of nitrogens with one attached hydrogen (secondary N) is 1. The number of aliphatic hydroxyl groups excluding tert-OH is 2. The van der Waals surface area contributed by atoms with Gasteiger partial charge in [-0.2, -0.15) is 0 Å². The van der Waals surface area contributed by atoms with Gasteiger partial charge in [0, 0.05) is 25.5 Å². The number of hydrogen-bond donors (Lipinski definition) is 3. The highest BCUT2D eigenvalue weighted by Gasteiger charge is 2.22. The Bertz CT molecular complexity index is 588. The predicted octanol–water partition coefficient (Wildman–Crippen LogP) is 3.35. The molecule has 5 heteroatoms. The lowest BCUT2D eigenvalue weighted by atomic mass is 9.99.